The van der Waals surface area contributed by atoms with E-state index in [1.54, 1.807) is 43.6 Å². The van der Waals surface area contributed by atoms with E-state index in [1.165, 1.54) is 12.1 Å². The number of imidazole rings is 1. The number of benzene rings is 1. The third kappa shape index (κ3) is 3.71. The number of alkyl halides is 3. The van der Waals surface area contributed by atoms with Crippen LogP contribution in [-0.4, -0.2) is 26.2 Å². The fourth-order valence-electron chi connectivity index (χ4n) is 2.43. The summed E-state index contributed by atoms with van der Waals surface area (Å²) in [6.45, 7) is 1.12. The Bertz CT molecular complexity index is 963. The lowest BCUT2D eigenvalue weighted by molar-refractivity contribution is -0.147. The number of carbonyl (C=O) groups excluding carboxylic acids is 1. The fraction of sp³-hybridized carbons (Fsp3) is 0.176. The average molecular weight is 361 g/mol. The molecule has 0 saturated carbocycles. The number of hydrogen-bond acceptors (Lipinski definition) is 4. The van der Waals surface area contributed by atoms with Gasteiger partial charge in [0.05, 0.1) is 16.7 Å². The number of amides is 1. The van der Waals surface area contributed by atoms with Crippen molar-refractivity contribution in [1.29, 1.82) is 0 Å². The van der Waals surface area contributed by atoms with Crippen LogP contribution in [0.4, 0.5) is 13.2 Å². The lowest BCUT2D eigenvalue weighted by Gasteiger charge is -2.10. The van der Waals surface area contributed by atoms with Crippen molar-refractivity contribution < 1.29 is 18.0 Å². The van der Waals surface area contributed by atoms with Gasteiger partial charge in [-0.3, -0.25) is 9.78 Å². The monoisotopic (exact) mass is 361 g/mol. The van der Waals surface area contributed by atoms with Crippen LogP contribution < -0.4 is 5.43 Å². The van der Waals surface area contributed by atoms with Gasteiger partial charge in [0.15, 0.2) is 0 Å². The Kier molecular flexibility index (Phi) is 4.70. The molecule has 9 heteroatoms. The smallest absolute Gasteiger partial charge is 0.311 e. The van der Waals surface area contributed by atoms with Crippen molar-refractivity contribution in [3.05, 3.63) is 60.2 Å². The van der Waals surface area contributed by atoms with Gasteiger partial charge < -0.3 is 4.57 Å². The van der Waals surface area contributed by atoms with E-state index in [2.05, 4.69) is 20.5 Å². The highest BCUT2D eigenvalue weighted by atomic mass is 19.4. The molecule has 0 aliphatic heterocycles. The van der Waals surface area contributed by atoms with E-state index in [4.69, 9.17) is 0 Å². The zero-order chi connectivity index (χ0) is 18.7. The van der Waals surface area contributed by atoms with Crippen LogP contribution in [0.5, 0.6) is 0 Å². The molecule has 6 nitrogen and oxygen atoms in total. The fourth-order valence-corrected chi connectivity index (χ4v) is 2.43. The van der Waals surface area contributed by atoms with E-state index in [0.29, 0.717) is 5.71 Å². The van der Waals surface area contributed by atoms with Crippen molar-refractivity contribution >= 4 is 22.7 Å². The molecule has 0 spiro atoms. The topological polar surface area (TPSA) is 72.2 Å². The minimum absolute atomic E-state index is 0.170. The second kappa shape index (κ2) is 6.95. The molecular formula is C17H14F3N5O. The first kappa shape index (κ1) is 17.6. The number of nitrogens with zero attached hydrogens (tertiary/aromatic N) is 4. The summed E-state index contributed by atoms with van der Waals surface area (Å²) in [5.41, 5.74) is 3.92. The molecule has 0 bridgehead atoms. The van der Waals surface area contributed by atoms with Crippen molar-refractivity contribution in [3.8, 4) is 0 Å². The number of para-hydroxylation sites is 2. The molecule has 1 N–H and O–H groups in total. The molecule has 26 heavy (non-hydrogen) atoms. The summed E-state index contributed by atoms with van der Waals surface area (Å²) in [4.78, 5) is 19.6. The zero-order valence-electron chi connectivity index (χ0n) is 13.7. The van der Waals surface area contributed by atoms with Crippen molar-refractivity contribution in [2.24, 2.45) is 5.10 Å². The number of carbonyl (C=O) groups is 1. The van der Waals surface area contributed by atoms with Crippen LogP contribution in [0.15, 0.2) is 53.9 Å². The Hall–Kier alpha value is -3.23. The van der Waals surface area contributed by atoms with Gasteiger partial charge in [-0.05, 0) is 31.2 Å². The molecule has 0 fully saturated rings. The predicted octanol–water partition coefficient (Wildman–Crippen LogP) is 2.99. The van der Waals surface area contributed by atoms with Crippen LogP contribution in [0, 0.1) is 0 Å². The van der Waals surface area contributed by atoms with Gasteiger partial charge in [0.2, 0.25) is 5.82 Å². The Morgan fingerprint density at radius 1 is 1.19 bits per heavy atom. The maximum absolute atomic E-state index is 13.2. The number of nitrogens with one attached hydrogen (secondary N) is 1. The standard InChI is InChI=1S/C17H14F3N5O/c1-11(12-6-8-21-9-7-12)23-24-15(26)10-25-14-5-3-2-4-13(14)22-16(25)17(18,19)20/h2-9H,10H2,1H3,(H,24,26)/b23-11+. The molecule has 3 rings (SSSR count). The van der Waals surface area contributed by atoms with Gasteiger partial charge in [-0.25, -0.2) is 10.4 Å². The summed E-state index contributed by atoms with van der Waals surface area (Å²) >= 11 is 0. The van der Waals surface area contributed by atoms with Gasteiger partial charge in [-0.15, -0.1) is 0 Å². The first-order valence-corrected chi connectivity index (χ1v) is 7.62. The highest BCUT2D eigenvalue weighted by Gasteiger charge is 2.37. The average Bonchev–Trinajstić information content (AvgIpc) is 2.99. The minimum Gasteiger partial charge on any atom is -0.311 e. The zero-order valence-corrected chi connectivity index (χ0v) is 13.7. The summed E-state index contributed by atoms with van der Waals surface area (Å²) in [5.74, 6) is -1.81. The van der Waals surface area contributed by atoms with Crippen molar-refractivity contribution in [2.45, 2.75) is 19.6 Å². The molecule has 0 saturated heterocycles. The molecule has 134 valence electrons. The van der Waals surface area contributed by atoms with Crippen molar-refractivity contribution in [2.75, 3.05) is 0 Å². The molecule has 3 aromatic rings. The van der Waals surface area contributed by atoms with Gasteiger partial charge >= 0.3 is 6.18 Å². The van der Waals surface area contributed by atoms with E-state index in [1.807, 2.05) is 0 Å². The van der Waals surface area contributed by atoms with Crippen LogP contribution in [0.25, 0.3) is 11.0 Å². The van der Waals surface area contributed by atoms with Crippen LogP contribution in [0.3, 0.4) is 0 Å². The predicted molar refractivity (Wildman–Crippen MR) is 89.3 cm³/mol. The lowest BCUT2D eigenvalue weighted by Crippen LogP contribution is -2.27. The number of pyridine rings is 1. The van der Waals surface area contributed by atoms with Crippen LogP contribution in [-0.2, 0) is 17.5 Å². The maximum atomic E-state index is 13.2. The van der Waals surface area contributed by atoms with Gasteiger partial charge in [-0.2, -0.15) is 18.3 Å². The molecular weight excluding hydrogens is 347 g/mol. The first-order valence-electron chi connectivity index (χ1n) is 7.62. The number of hydrogen-bond donors (Lipinski definition) is 1. The summed E-state index contributed by atoms with van der Waals surface area (Å²) < 4.78 is 40.5. The number of aromatic nitrogens is 3. The van der Waals surface area contributed by atoms with Gasteiger partial charge in [0.1, 0.15) is 6.54 Å². The molecule has 0 radical (unpaired) electrons. The quantitative estimate of drug-likeness (QED) is 0.574. The molecule has 1 amide bonds. The van der Waals surface area contributed by atoms with Crippen molar-refractivity contribution in [1.82, 2.24) is 20.0 Å². The maximum Gasteiger partial charge on any atom is 0.449 e. The second-order valence-corrected chi connectivity index (χ2v) is 5.48. The summed E-state index contributed by atoms with van der Waals surface area (Å²) in [6, 6.07) is 9.53. The van der Waals surface area contributed by atoms with E-state index < -0.39 is 24.5 Å². The molecule has 0 unspecified atom stereocenters. The molecule has 0 aliphatic carbocycles. The molecule has 0 aliphatic rings. The number of hydrazone groups is 1. The molecule has 1 aromatic carbocycles. The van der Waals surface area contributed by atoms with Gasteiger partial charge in [0.25, 0.3) is 5.91 Å². The lowest BCUT2D eigenvalue weighted by atomic mass is 10.2. The molecule has 0 atom stereocenters. The van der Waals surface area contributed by atoms with Gasteiger partial charge in [-0.1, -0.05) is 12.1 Å². The van der Waals surface area contributed by atoms with E-state index in [-0.39, 0.29) is 11.0 Å². The summed E-state index contributed by atoms with van der Waals surface area (Å²) in [7, 11) is 0. The van der Waals surface area contributed by atoms with E-state index >= 15 is 0 Å². The largest absolute Gasteiger partial charge is 0.449 e. The van der Waals surface area contributed by atoms with E-state index in [9.17, 15) is 18.0 Å². The SMILES string of the molecule is C/C(=N\NC(=O)Cn1c(C(F)(F)F)nc2ccccc21)c1ccncc1. The van der Waals surface area contributed by atoms with Crippen molar-refractivity contribution in [3.63, 3.8) is 0 Å². The summed E-state index contributed by atoms with van der Waals surface area (Å²) in [5, 5.41) is 3.92. The Morgan fingerprint density at radius 3 is 2.58 bits per heavy atom. The Labute approximate surface area is 146 Å². The molecule has 2 aromatic heterocycles. The Morgan fingerprint density at radius 2 is 1.88 bits per heavy atom. The third-order valence-electron chi connectivity index (χ3n) is 3.66. The number of fused-ring (bicyclic) bond motifs is 1. The number of halogens is 3. The molecule has 2 heterocycles. The summed E-state index contributed by atoms with van der Waals surface area (Å²) in [6.07, 6.45) is -1.53. The third-order valence-corrected chi connectivity index (χ3v) is 3.66. The second-order valence-electron chi connectivity index (χ2n) is 5.48. The van der Waals surface area contributed by atoms with Gasteiger partial charge in [0, 0.05) is 18.0 Å². The highest BCUT2D eigenvalue weighted by Crippen LogP contribution is 2.31. The highest BCUT2D eigenvalue weighted by molar-refractivity contribution is 5.99. The van der Waals surface area contributed by atoms with Crippen LogP contribution >= 0.6 is 0 Å². The van der Waals surface area contributed by atoms with E-state index in [0.717, 1.165) is 10.1 Å². The minimum atomic E-state index is -4.67. The Balaban J connectivity index is 1.83. The number of rotatable bonds is 4. The normalized spacial score (nSPS) is 12.4. The van der Waals surface area contributed by atoms with Crippen LogP contribution in [0.1, 0.15) is 18.3 Å². The van der Waals surface area contributed by atoms with Crippen LogP contribution in [0.2, 0.25) is 0 Å². The first-order chi connectivity index (χ1) is 12.4.